The molecule has 0 atom stereocenters. The van der Waals surface area contributed by atoms with E-state index >= 15 is 0 Å². The van der Waals surface area contributed by atoms with Gasteiger partial charge in [-0.05, 0) is 60.7 Å². The lowest BCUT2D eigenvalue weighted by Crippen LogP contribution is -2.43. The van der Waals surface area contributed by atoms with Crippen LogP contribution in [0.5, 0.6) is 5.75 Å². The second-order valence-corrected chi connectivity index (χ2v) is 10.7. The predicted molar refractivity (Wildman–Crippen MR) is 165 cm³/mol. The number of anilines is 3. The molecule has 1 aliphatic rings. The highest BCUT2D eigenvalue weighted by atomic mass is 19.1. The number of amides is 4. The van der Waals surface area contributed by atoms with Gasteiger partial charge in [-0.2, -0.15) is 0 Å². The Morgan fingerprint density at radius 1 is 0.911 bits per heavy atom. The second kappa shape index (κ2) is 15.6. The van der Waals surface area contributed by atoms with Crippen LogP contribution in [-0.4, -0.2) is 57.7 Å². The van der Waals surface area contributed by atoms with E-state index in [4.69, 9.17) is 4.74 Å². The number of rotatable bonds is 12. The number of nitrogens with zero attached hydrogens (tertiary/aromatic N) is 2. The maximum atomic E-state index is 14.2. The molecule has 0 unspecified atom stereocenters. The zero-order valence-corrected chi connectivity index (χ0v) is 25.2. The molecule has 1 aliphatic carbocycles. The van der Waals surface area contributed by atoms with Gasteiger partial charge >= 0.3 is 12.0 Å². The number of esters is 1. The summed E-state index contributed by atoms with van der Waals surface area (Å²) in [6.07, 6.45) is 4.04. The van der Waals surface area contributed by atoms with Crippen molar-refractivity contribution >= 4 is 40.9 Å². The first-order valence-corrected chi connectivity index (χ1v) is 14.6. The minimum atomic E-state index is -0.884. The molecule has 1 fully saturated rings. The minimum absolute atomic E-state index is 0.0473. The fourth-order valence-corrected chi connectivity index (χ4v) is 5.18. The van der Waals surface area contributed by atoms with Crippen LogP contribution in [0.2, 0.25) is 0 Å². The van der Waals surface area contributed by atoms with Gasteiger partial charge in [0.25, 0.3) is 5.91 Å². The quantitative estimate of drug-likeness (QED) is 0.273. The normalized spacial score (nSPS) is 12.7. The average molecular weight is 623 g/mol. The van der Waals surface area contributed by atoms with Gasteiger partial charge in [0.15, 0.2) is 6.61 Å². The Labute approximate surface area is 260 Å². The molecule has 0 heterocycles. The van der Waals surface area contributed by atoms with Crippen LogP contribution in [-0.2, 0) is 25.5 Å². The van der Waals surface area contributed by atoms with Crippen LogP contribution in [0.3, 0.4) is 0 Å². The van der Waals surface area contributed by atoms with Crippen LogP contribution >= 0.6 is 0 Å². The molecule has 1 saturated carbocycles. The Morgan fingerprint density at radius 3 is 2.31 bits per heavy atom. The molecular weight excluding hydrogens is 586 g/mol. The van der Waals surface area contributed by atoms with E-state index in [0.717, 1.165) is 42.7 Å². The van der Waals surface area contributed by atoms with Crippen LogP contribution in [0.25, 0.3) is 0 Å². The third-order valence-electron chi connectivity index (χ3n) is 7.53. The van der Waals surface area contributed by atoms with E-state index < -0.39 is 47.7 Å². The standard InChI is InChI=1S/C33H36F2N4O6/c1-38(32-25(34)13-8-14-26(32)35)30(41)21-45-28-16-6-5-15-27(28)39(20-22-9-3-4-10-22)29(40)19-36-33(43)37-24-12-7-11-23(17-24)18-31(42)44-2/h5-8,11-17,22H,3-4,9-10,18-21H2,1-2H3,(H2,36,37,43). The van der Waals surface area contributed by atoms with Gasteiger partial charge in [0.2, 0.25) is 5.91 Å². The number of para-hydroxylation sites is 3. The van der Waals surface area contributed by atoms with Crippen molar-refractivity contribution in [3.63, 3.8) is 0 Å². The third kappa shape index (κ3) is 9.01. The number of carbonyl (C=O) groups excluding carboxylic acids is 4. The number of likely N-dealkylation sites (N-methyl/N-ethyl adjacent to an activating group) is 1. The summed E-state index contributed by atoms with van der Waals surface area (Å²) in [6.45, 7) is -0.488. The molecule has 3 aromatic rings. The number of carbonyl (C=O) groups is 4. The lowest BCUT2D eigenvalue weighted by Gasteiger charge is -2.28. The van der Waals surface area contributed by atoms with Crippen LogP contribution in [0.1, 0.15) is 31.2 Å². The Hall–Kier alpha value is -5.00. The van der Waals surface area contributed by atoms with E-state index in [1.165, 1.54) is 25.1 Å². The number of benzene rings is 3. The van der Waals surface area contributed by atoms with Crippen molar-refractivity contribution in [1.29, 1.82) is 0 Å². The van der Waals surface area contributed by atoms with Gasteiger partial charge in [-0.3, -0.25) is 14.4 Å². The average Bonchev–Trinajstić information content (AvgIpc) is 3.55. The zero-order valence-electron chi connectivity index (χ0n) is 25.2. The molecule has 3 aromatic carbocycles. The summed E-state index contributed by atoms with van der Waals surface area (Å²) in [4.78, 5) is 53.1. The summed E-state index contributed by atoms with van der Waals surface area (Å²) in [5, 5.41) is 5.25. The van der Waals surface area contributed by atoms with E-state index in [2.05, 4.69) is 15.4 Å². The monoisotopic (exact) mass is 622 g/mol. The number of ether oxygens (including phenoxy) is 2. The SMILES string of the molecule is COC(=O)Cc1cccc(NC(=O)NCC(=O)N(CC2CCCC2)c2ccccc2OCC(=O)N(C)c2c(F)cccc2F)c1. The topological polar surface area (TPSA) is 117 Å². The summed E-state index contributed by atoms with van der Waals surface area (Å²) in [5.41, 5.74) is 1.00. The van der Waals surface area contributed by atoms with E-state index in [9.17, 15) is 28.0 Å². The van der Waals surface area contributed by atoms with Gasteiger partial charge in [-0.25, -0.2) is 13.6 Å². The molecule has 0 aliphatic heterocycles. The molecule has 4 amide bonds. The van der Waals surface area contributed by atoms with Crippen molar-refractivity contribution in [3.05, 3.63) is 83.9 Å². The molecule has 238 valence electrons. The first-order chi connectivity index (χ1) is 21.7. The van der Waals surface area contributed by atoms with Gasteiger partial charge in [0.05, 0.1) is 25.8 Å². The Kier molecular flexibility index (Phi) is 11.4. The number of urea groups is 1. The summed E-state index contributed by atoms with van der Waals surface area (Å²) < 4.78 is 39.0. The molecule has 0 saturated heterocycles. The van der Waals surface area contributed by atoms with Crippen molar-refractivity contribution < 1.29 is 37.4 Å². The molecule has 12 heteroatoms. The van der Waals surface area contributed by atoms with Crippen molar-refractivity contribution in [3.8, 4) is 5.75 Å². The second-order valence-electron chi connectivity index (χ2n) is 10.7. The fourth-order valence-electron chi connectivity index (χ4n) is 5.18. The molecule has 4 rings (SSSR count). The Bertz CT molecular complexity index is 1510. The smallest absolute Gasteiger partial charge is 0.319 e. The van der Waals surface area contributed by atoms with Gasteiger partial charge in [-0.1, -0.05) is 43.2 Å². The predicted octanol–water partition coefficient (Wildman–Crippen LogP) is 5.07. The molecule has 0 aromatic heterocycles. The number of halogens is 2. The Balaban J connectivity index is 1.44. The Morgan fingerprint density at radius 2 is 1.60 bits per heavy atom. The first kappa shape index (κ1) is 32.9. The van der Waals surface area contributed by atoms with Crippen molar-refractivity contribution in [1.82, 2.24) is 5.32 Å². The van der Waals surface area contributed by atoms with Crippen LogP contribution in [0.15, 0.2) is 66.7 Å². The van der Waals surface area contributed by atoms with Gasteiger partial charge in [-0.15, -0.1) is 0 Å². The van der Waals surface area contributed by atoms with Gasteiger partial charge in [0, 0.05) is 19.3 Å². The van der Waals surface area contributed by atoms with Crippen molar-refractivity contribution in [2.24, 2.45) is 5.92 Å². The van der Waals surface area contributed by atoms with Crippen molar-refractivity contribution in [2.75, 3.05) is 49.0 Å². The highest BCUT2D eigenvalue weighted by Crippen LogP contribution is 2.33. The van der Waals surface area contributed by atoms with Crippen LogP contribution in [0, 0.1) is 17.6 Å². The molecule has 0 bridgehead atoms. The minimum Gasteiger partial charge on any atom is -0.482 e. The third-order valence-corrected chi connectivity index (χ3v) is 7.53. The highest BCUT2D eigenvalue weighted by molar-refractivity contribution is 6.00. The van der Waals surface area contributed by atoms with Crippen LogP contribution in [0.4, 0.5) is 30.6 Å². The van der Waals surface area contributed by atoms with E-state index in [0.29, 0.717) is 23.5 Å². The number of hydrogen-bond donors (Lipinski definition) is 2. The fraction of sp³-hybridized carbons (Fsp3) is 0.333. The van der Waals surface area contributed by atoms with Gasteiger partial charge < -0.3 is 29.9 Å². The lowest BCUT2D eigenvalue weighted by atomic mass is 10.1. The molecule has 10 nitrogen and oxygen atoms in total. The zero-order chi connectivity index (χ0) is 32.3. The summed E-state index contributed by atoms with van der Waals surface area (Å²) in [6, 6.07) is 16.1. The summed E-state index contributed by atoms with van der Waals surface area (Å²) in [5.74, 6) is -2.81. The molecule has 0 spiro atoms. The molecule has 2 N–H and O–H groups in total. The largest absolute Gasteiger partial charge is 0.482 e. The number of methoxy groups -OCH3 is 1. The van der Waals surface area contributed by atoms with Crippen molar-refractivity contribution in [2.45, 2.75) is 32.1 Å². The van der Waals surface area contributed by atoms with E-state index in [1.807, 2.05) is 0 Å². The highest BCUT2D eigenvalue weighted by Gasteiger charge is 2.26. The summed E-state index contributed by atoms with van der Waals surface area (Å²) in [7, 11) is 2.55. The number of hydrogen-bond acceptors (Lipinski definition) is 6. The molecular formula is C33H36F2N4O6. The number of nitrogens with one attached hydrogen (secondary N) is 2. The van der Waals surface area contributed by atoms with Gasteiger partial charge in [0.1, 0.15) is 23.1 Å². The summed E-state index contributed by atoms with van der Waals surface area (Å²) >= 11 is 0. The van der Waals surface area contributed by atoms with Crippen LogP contribution < -0.4 is 25.2 Å². The molecule has 45 heavy (non-hydrogen) atoms. The lowest BCUT2D eigenvalue weighted by molar-refractivity contribution is -0.139. The molecule has 0 radical (unpaired) electrons. The first-order valence-electron chi connectivity index (χ1n) is 14.6. The maximum Gasteiger partial charge on any atom is 0.319 e. The van der Waals surface area contributed by atoms with E-state index in [-0.39, 0.29) is 24.6 Å². The van der Waals surface area contributed by atoms with E-state index in [1.54, 1.807) is 48.5 Å². The maximum absolute atomic E-state index is 14.2.